The lowest BCUT2D eigenvalue weighted by Gasteiger charge is -2.11. The normalized spacial score (nSPS) is 12.3. The summed E-state index contributed by atoms with van der Waals surface area (Å²) < 4.78 is 5.29. The molecule has 0 radical (unpaired) electrons. The molecule has 118 valence electrons. The van der Waals surface area contributed by atoms with Crippen molar-refractivity contribution in [1.29, 1.82) is 0 Å². The van der Waals surface area contributed by atoms with E-state index in [9.17, 15) is 4.79 Å². The molecule has 1 amide bonds. The second-order valence-corrected chi connectivity index (χ2v) is 6.38. The van der Waals surface area contributed by atoms with Gasteiger partial charge in [0.25, 0.3) is 0 Å². The number of amides is 1. The van der Waals surface area contributed by atoms with Gasteiger partial charge in [-0.15, -0.1) is 0 Å². The summed E-state index contributed by atoms with van der Waals surface area (Å²) in [5.74, 6) is 1.05. The molecular formula is C18H18N2O2S. The second-order valence-electron chi connectivity index (χ2n) is 5.39. The van der Waals surface area contributed by atoms with Crippen LogP contribution in [0.2, 0.25) is 0 Å². The number of nitrogens with zero attached hydrogens (tertiary/aromatic N) is 1. The van der Waals surface area contributed by atoms with Crippen LogP contribution >= 0.6 is 11.8 Å². The third kappa shape index (κ3) is 3.74. The summed E-state index contributed by atoms with van der Waals surface area (Å²) in [7, 11) is 0. The summed E-state index contributed by atoms with van der Waals surface area (Å²) in [6.07, 6.45) is 1.61. The fourth-order valence-corrected chi connectivity index (χ4v) is 3.21. The Bertz CT molecular complexity index is 815. The Morgan fingerprint density at radius 3 is 2.91 bits per heavy atom. The van der Waals surface area contributed by atoms with Gasteiger partial charge < -0.3 is 9.73 Å². The number of furan rings is 1. The lowest BCUT2D eigenvalue weighted by molar-refractivity contribution is -0.119. The minimum Gasteiger partial charge on any atom is -0.467 e. The van der Waals surface area contributed by atoms with E-state index in [4.69, 9.17) is 4.42 Å². The molecule has 2 aromatic heterocycles. The molecule has 3 rings (SSSR count). The van der Waals surface area contributed by atoms with Crippen molar-refractivity contribution < 1.29 is 9.21 Å². The van der Waals surface area contributed by atoms with Crippen LogP contribution in [0.15, 0.2) is 58.2 Å². The molecule has 1 atom stereocenters. The average Bonchev–Trinajstić information content (AvgIpc) is 3.07. The third-order valence-corrected chi connectivity index (χ3v) is 4.51. The Morgan fingerprint density at radius 1 is 1.30 bits per heavy atom. The van der Waals surface area contributed by atoms with Crippen LogP contribution < -0.4 is 5.32 Å². The van der Waals surface area contributed by atoms with Gasteiger partial charge in [-0.1, -0.05) is 30.0 Å². The molecule has 0 aliphatic carbocycles. The minimum atomic E-state index is -0.135. The Kier molecular flexibility index (Phi) is 4.67. The van der Waals surface area contributed by atoms with Crippen molar-refractivity contribution in [2.75, 3.05) is 5.75 Å². The Hall–Kier alpha value is -2.27. The molecule has 1 unspecified atom stereocenters. The van der Waals surface area contributed by atoms with E-state index in [1.165, 1.54) is 17.3 Å². The van der Waals surface area contributed by atoms with E-state index in [-0.39, 0.29) is 11.9 Å². The van der Waals surface area contributed by atoms with Crippen LogP contribution in [0.25, 0.3) is 10.9 Å². The molecule has 2 heterocycles. The maximum Gasteiger partial charge on any atom is 0.230 e. The van der Waals surface area contributed by atoms with Crippen LogP contribution in [0.3, 0.4) is 0 Å². The number of pyridine rings is 1. The lowest BCUT2D eigenvalue weighted by Crippen LogP contribution is -2.27. The van der Waals surface area contributed by atoms with Gasteiger partial charge in [-0.2, -0.15) is 0 Å². The van der Waals surface area contributed by atoms with Crippen molar-refractivity contribution >= 4 is 28.6 Å². The highest BCUT2D eigenvalue weighted by atomic mass is 32.2. The number of thioether (sulfide) groups is 1. The maximum atomic E-state index is 12.1. The van der Waals surface area contributed by atoms with E-state index in [1.807, 2.05) is 43.3 Å². The molecule has 0 aliphatic rings. The summed E-state index contributed by atoms with van der Waals surface area (Å²) >= 11 is 1.44. The topological polar surface area (TPSA) is 55.1 Å². The zero-order valence-electron chi connectivity index (χ0n) is 13.1. The average molecular weight is 326 g/mol. The fourth-order valence-electron chi connectivity index (χ4n) is 2.42. The highest BCUT2D eigenvalue weighted by Gasteiger charge is 2.12. The highest BCUT2D eigenvalue weighted by Crippen LogP contribution is 2.23. The van der Waals surface area contributed by atoms with Crippen molar-refractivity contribution in [3.63, 3.8) is 0 Å². The molecule has 0 saturated carbocycles. The number of aryl methyl sites for hydroxylation is 1. The number of para-hydroxylation sites is 1. The summed E-state index contributed by atoms with van der Waals surface area (Å²) in [6.45, 7) is 3.97. The first-order chi connectivity index (χ1) is 11.1. The van der Waals surface area contributed by atoms with E-state index in [0.717, 1.165) is 21.7 Å². The van der Waals surface area contributed by atoms with E-state index in [2.05, 4.69) is 23.3 Å². The summed E-state index contributed by atoms with van der Waals surface area (Å²) in [5, 5.41) is 4.93. The van der Waals surface area contributed by atoms with E-state index < -0.39 is 0 Å². The predicted molar refractivity (Wildman–Crippen MR) is 92.5 cm³/mol. The van der Waals surface area contributed by atoms with Crippen LogP contribution in [-0.2, 0) is 4.79 Å². The molecular weight excluding hydrogens is 308 g/mol. The second kappa shape index (κ2) is 6.87. The molecule has 23 heavy (non-hydrogen) atoms. The van der Waals surface area contributed by atoms with Crippen LogP contribution in [0.5, 0.6) is 0 Å². The minimum absolute atomic E-state index is 0.0356. The van der Waals surface area contributed by atoms with Gasteiger partial charge in [-0.05, 0) is 43.7 Å². The number of rotatable bonds is 5. The predicted octanol–water partition coefficient (Wildman–Crippen LogP) is 4.11. The Balaban J connectivity index is 1.63. The van der Waals surface area contributed by atoms with Gasteiger partial charge in [-0.3, -0.25) is 4.79 Å². The Labute approximate surface area is 139 Å². The van der Waals surface area contributed by atoms with Crippen molar-refractivity contribution in [2.24, 2.45) is 0 Å². The largest absolute Gasteiger partial charge is 0.467 e. The molecule has 1 aromatic carbocycles. The summed E-state index contributed by atoms with van der Waals surface area (Å²) in [6, 6.07) is 13.6. The Morgan fingerprint density at radius 2 is 2.13 bits per heavy atom. The number of carbonyl (C=O) groups is 1. The van der Waals surface area contributed by atoms with Gasteiger partial charge in [0, 0.05) is 5.39 Å². The van der Waals surface area contributed by atoms with Crippen molar-refractivity contribution in [3.05, 3.63) is 60.1 Å². The number of fused-ring (bicyclic) bond motifs is 1. The summed E-state index contributed by atoms with van der Waals surface area (Å²) in [5.41, 5.74) is 2.13. The number of hydrogen-bond donors (Lipinski definition) is 1. The number of nitrogens with one attached hydrogen (secondary N) is 1. The fraction of sp³-hybridized carbons (Fsp3) is 0.222. The molecule has 0 fully saturated rings. The van der Waals surface area contributed by atoms with E-state index in [1.54, 1.807) is 6.26 Å². The number of hydrogen-bond acceptors (Lipinski definition) is 4. The third-order valence-electron chi connectivity index (χ3n) is 3.60. The molecule has 0 bridgehead atoms. The van der Waals surface area contributed by atoms with Gasteiger partial charge in [0.05, 0.1) is 28.6 Å². The number of aromatic nitrogens is 1. The van der Waals surface area contributed by atoms with E-state index in [0.29, 0.717) is 5.75 Å². The molecule has 0 spiro atoms. The van der Waals surface area contributed by atoms with Gasteiger partial charge in [-0.25, -0.2) is 4.98 Å². The molecule has 0 aliphatic heterocycles. The van der Waals surface area contributed by atoms with Crippen molar-refractivity contribution in [1.82, 2.24) is 10.3 Å². The van der Waals surface area contributed by atoms with Gasteiger partial charge in [0.15, 0.2) is 0 Å². The molecule has 4 nitrogen and oxygen atoms in total. The quantitative estimate of drug-likeness (QED) is 0.717. The standard InChI is InChI=1S/C18H18N2O2S/c1-12-10-18(20-15-7-4-3-6-14(12)15)23-11-17(21)19-13(2)16-8-5-9-22-16/h3-10,13H,11H2,1-2H3,(H,19,21). The first kappa shape index (κ1) is 15.6. The zero-order valence-corrected chi connectivity index (χ0v) is 13.9. The van der Waals surface area contributed by atoms with Crippen LogP contribution in [0.4, 0.5) is 0 Å². The summed E-state index contributed by atoms with van der Waals surface area (Å²) in [4.78, 5) is 16.7. The van der Waals surface area contributed by atoms with Gasteiger partial charge in [0.1, 0.15) is 5.76 Å². The molecule has 0 saturated heterocycles. The smallest absolute Gasteiger partial charge is 0.230 e. The molecule has 5 heteroatoms. The number of benzene rings is 1. The SMILES string of the molecule is Cc1cc(SCC(=O)NC(C)c2ccco2)nc2ccccc12. The van der Waals surface area contributed by atoms with Gasteiger partial charge in [0.2, 0.25) is 5.91 Å². The molecule has 3 aromatic rings. The van der Waals surface area contributed by atoms with Crippen LogP contribution in [0.1, 0.15) is 24.3 Å². The van der Waals surface area contributed by atoms with Crippen molar-refractivity contribution in [2.45, 2.75) is 24.9 Å². The van der Waals surface area contributed by atoms with Crippen LogP contribution in [-0.4, -0.2) is 16.6 Å². The first-order valence-electron chi connectivity index (χ1n) is 7.45. The first-order valence-corrected chi connectivity index (χ1v) is 8.44. The maximum absolute atomic E-state index is 12.1. The number of carbonyl (C=O) groups excluding carboxylic acids is 1. The lowest BCUT2D eigenvalue weighted by atomic mass is 10.1. The van der Waals surface area contributed by atoms with E-state index >= 15 is 0 Å². The zero-order chi connectivity index (χ0) is 16.2. The van der Waals surface area contributed by atoms with Gasteiger partial charge >= 0.3 is 0 Å². The monoisotopic (exact) mass is 326 g/mol. The van der Waals surface area contributed by atoms with Crippen LogP contribution in [0, 0.1) is 6.92 Å². The van der Waals surface area contributed by atoms with Crippen molar-refractivity contribution in [3.8, 4) is 0 Å². The molecule has 1 N–H and O–H groups in total. The highest BCUT2D eigenvalue weighted by molar-refractivity contribution is 7.99.